The molecule has 0 fully saturated rings. The summed E-state index contributed by atoms with van der Waals surface area (Å²) in [5.41, 5.74) is 2.37. The molecule has 5 heteroatoms. The van der Waals surface area contributed by atoms with E-state index in [0.717, 1.165) is 17.7 Å². The number of benzene rings is 1. The molecule has 0 spiro atoms. The van der Waals surface area contributed by atoms with Crippen molar-refractivity contribution in [3.63, 3.8) is 0 Å². The minimum atomic E-state index is -0.977. The molecule has 0 atom stereocenters. The van der Waals surface area contributed by atoms with E-state index in [1.165, 1.54) is 6.07 Å². The number of carboxylic acids is 1. The second-order valence-electron chi connectivity index (χ2n) is 5.57. The van der Waals surface area contributed by atoms with Gasteiger partial charge >= 0.3 is 5.97 Å². The fraction of sp³-hybridized carbons (Fsp3) is 0.500. The number of aryl methyl sites for hydroxylation is 2. The first-order valence-corrected chi connectivity index (χ1v) is 8.19. The lowest BCUT2D eigenvalue weighted by atomic mass is 10.0. The van der Waals surface area contributed by atoms with E-state index in [-0.39, 0.29) is 11.5 Å². The van der Waals surface area contributed by atoms with Crippen LogP contribution in [0.2, 0.25) is 0 Å². The maximum Gasteiger partial charge on any atom is 0.336 e. The van der Waals surface area contributed by atoms with Gasteiger partial charge in [-0.05, 0) is 49.1 Å². The SMILES string of the molecule is Cc1cc(C)c(C(=O)O)cc1NC(=O)CSCCC(C)C. The summed E-state index contributed by atoms with van der Waals surface area (Å²) in [4.78, 5) is 23.0. The molecule has 21 heavy (non-hydrogen) atoms. The quantitative estimate of drug-likeness (QED) is 0.753. The Labute approximate surface area is 130 Å². The molecule has 4 nitrogen and oxygen atoms in total. The summed E-state index contributed by atoms with van der Waals surface area (Å²) in [5, 5.41) is 11.9. The molecule has 0 aliphatic heterocycles. The zero-order chi connectivity index (χ0) is 16.0. The van der Waals surface area contributed by atoms with E-state index in [0.29, 0.717) is 22.9 Å². The van der Waals surface area contributed by atoms with Crippen LogP contribution < -0.4 is 5.32 Å². The first-order chi connectivity index (χ1) is 9.81. The van der Waals surface area contributed by atoms with Gasteiger partial charge < -0.3 is 10.4 Å². The highest BCUT2D eigenvalue weighted by atomic mass is 32.2. The van der Waals surface area contributed by atoms with E-state index >= 15 is 0 Å². The number of hydrogen-bond acceptors (Lipinski definition) is 3. The summed E-state index contributed by atoms with van der Waals surface area (Å²) < 4.78 is 0. The predicted octanol–water partition coefficient (Wildman–Crippen LogP) is 3.72. The Morgan fingerprint density at radius 2 is 1.90 bits per heavy atom. The molecule has 1 rings (SSSR count). The summed E-state index contributed by atoms with van der Waals surface area (Å²) in [5.74, 6) is 0.917. The van der Waals surface area contributed by atoms with Crippen molar-refractivity contribution in [3.05, 3.63) is 28.8 Å². The number of thioether (sulfide) groups is 1. The topological polar surface area (TPSA) is 66.4 Å². The molecule has 0 heterocycles. The Morgan fingerprint density at radius 3 is 2.48 bits per heavy atom. The molecule has 0 saturated carbocycles. The first kappa shape index (κ1) is 17.6. The van der Waals surface area contributed by atoms with Crippen LogP contribution in [0.3, 0.4) is 0 Å². The number of carboxylic acid groups (broad SMARTS) is 1. The summed E-state index contributed by atoms with van der Waals surface area (Å²) in [6.07, 6.45) is 1.09. The molecular formula is C16H23NO3S. The normalized spacial score (nSPS) is 10.7. The Kier molecular flexibility index (Phi) is 6.75. The molecule has 1 aromatic carbocycles. The van der Waals surface area contributed by atoms with E-state index < -0.39 is 5.97 Å². The van der Waals surface area contributed by atoms with Gasteiger partial charge in [0, 0.05) is 5.69 Å². The molecule has 1 amide bonds. The van der Waals surface area contributed by atoms with Crippen LogP contribution in [0.5, 0.6) is 0 Å². The van der Waals surface area contributed by atoms with E-state index in [9.17, 15) is 9.59 Å². The minimum absolute atomic E-state index is 0.0907. The fourth-order valence-corrected chi connectivity index (χ4v) is 2.93. The van der Waals surface area contributed by atoms with Crippen molar-refractivity contribution in [3.8, 4) is 0 Å². The first-order valence-electron chi connectivity index (χ1n) is 7.03. The number of carbonyl (C=O) groups excluding carboxylic acids is 1. The predicted molar refractivity (Wildman–Crippen MR) is 88.3 cm³/mol. The van der Waals surface area contributed by atoms with Crippen LogP contribution >= 0.6 is 11.8 Å². The number of aromatic carboxylic acids is 1. The molecule has 2 N–H and O–H groups in total. The third kappa shape index (κ3) is 5.79. The fourth-order valence-electron chi connectivity index (χ4n) is 1.89. The molecule has 0 unspecified atom stereocenters. The van der Waals surface area contributed by atoms with E-state index in [4.69, 9.17) is 5.11 Å². The standard InChI is InChI=1S/C16H23NO3S/c1-10(2)5-6-21-9-15(18)17-14-8-13(16(19)20)11(3)7-12(14)4/h7-8,10H,5-6,9H2,1-4H3,(H,17,18)(H,19,20). The zero-order valence-corrected chi connectivity index (χ0v) is 13.8. The monoisotopic (exact) mass is 309 g/mol. The van der Waals surface area contributed by atoms with Crippen LogP contribution in [0.15, 0.2) is 12.1 Å². The van der Waals surface area contributed by atoms with Crippen LogP contribution in [-0.4, -0.2) is 28.5 Å². The Hall–Kier alpha value is -1.49. The van der Waals surface area contributed by atoms with Crippen molar-refractivity contribution in [1.29, 1.82) is 0 Å². The van der Waals surface area contributed by atoms with E-state index in [2.05, 4.69) is 19.2 Å². The number of nitrogens with one attached hydrogen (secondary N) is 1. The molecule has 0 aliphatic rings. The molecule has 0 bridgehead atoms. The van der Waals surface area contributed by atoms with Gasteiger partial charge in [-0.25, -0.2) is 4.79 Å². The van der Waals surface area contributed by atoms with Crippen molar-refractivity contribution < 1.29 is 14.7 Å². The summed E-state index contributed by atoms with van der Waals surface area (Å²) in [7, 11) is 0. The van der Waals surface area contributed by atoms with Crippen molar-refractivity contribution >= 4 is 29.3 Å². The number of hydrogen-bond donors (Lipinski definition) is 2. The molecule has 116 valence electrons. The highest BCUT2D eigenvalue weighted by molar-refractivity contribution is 7.99. The van der Waals surface area contributed by atoms with E-state index in [1.807, 2.05) is 6.92 Å². The Balaban J connectivity index is 2.63. The molecule has 1 aromatic rings. The summed E-state index contributed by atoms with van der Waals surface area (Å²) >= 11 is 1.60. The molecular weight excluding hydrogens is 286 g/mol. The average molecular weight is 309 g/mol. The van der Waals surface area contributed by atoms with Gasteiger partial charge in [0.15, 0.2) is 0 Å². The van der Waals surface area contributed by atoms with Crippen molar-refractivity contribution in [2.45, 2.75) is 34.1 Å². The molecule has 0 radical (unpaired) electrons. The maximum atomic E-state index is 11.9. The lowest BCUT2D eigenvalue weighted by Gasteiger charge is -2.11. The second-order valence-corrected chi connectivity index (χ2v) is 6.68. The van der Waals surface area contributed by atoms with Crippen LogP contribution in [0.25, 0.3) is 0 Å². The number of carbonyl (C=O) groups is 2. The Bertz CT molecular complexity index is 526. The zero-order valence-electron chi connectivity index (χ0n) is 13.0. The van der Waals surface area contributed by atoms with Gasteiger partial charge in [-0.15, -0.1) is 0 Å². The third-order valence-corrected chi connectivity index (χ3v) is 4.14. The van der Waals surface area contributed by atoms with Crippen LogP contribution in [-0.2, 0) is 4.79 Å². The van der Waals surface area contributed by atoms with Crippen molar-refractivity contribution in [2.75, 3.05) is 16.8 Å². The molecule has 0 aliphatic carbocycles. The second kappa shape index (κ2) is 8.08. The average Bonchev–Trinajstić information content (AvgIpc) is 2.37. The van der Waals surface area contributed by atoms with Crippen molar-refractivity contribution in [1.82, 2.24) is 0 Å². The number of rotatable bonds is 7. The largest absolute Gasteiger partial charge is 0.478 e. The number of anilines is 1. The summed E-state index contributed by atoms with van der Waals surface area (Å²) in [6.45, 7) is 7.93. The van der Waals surface area contributed by atoms with Gasteiger partial charge in [0.05, 0.1) is 11.3 Å². The maximum absolute atomic E-state index is 11.9. The van der Waals surface area contributed by atoms with Gasteiger partial charge in [-0.3, -0.25) is 4.79 Å². The smallest absolute Gasteiger partial charge is 0.336 e. The summed E-state index contributed by atoms with van der Waals surface area (Å²) in [6, 6.07) is 3.31. The van der Waals surface area contributed by atoms with Gasteiger partial charge in [0.25, 0.3) is 0 Å². The molecule has 0 aromatic heterocycles. The Morgan fingerprint density at radius 1 is 1.24 bits per heavy atom. The third-order valence-electron chi connectivity index (χ3n) is 3.15. The lowest BCUT2D eigenvalue weighted by molar-refractivity contribution is -0.113. The van der Waals surface area contributed by atoms with Crippen LogP contribution in [0, 0.1) is 19.8 Å². The van der Waals surface area contributed by atoms with Crippen molar-refractivity contribution in [2.24, 2.45) is 5.92 Å². The van der Waals surface area contributed by atoms with Crippen LogP contribution in [0.4, 0.5) is 5.69 Å². The minimum Gasteiger partial charge on any atom is -0.478 e. The van der Waals surface area contributed by atoms with Gasteiger partial charge in [0.1, 0.15) is 0 Å². The highest BCUT2D eigenvalue weighted by Crippen LogP contribution is 2.21. The lowest BCUT2D eigenvalue weighted by Crippen LogP contribution is -2.16. The van der Waals surface area contributed by atoms with Gasteiger partial charge in [-0.2, -0.15) is 11.8 Å². The van der Waals surface area contributed by atoms with Gasteiger partial charge in [0.2, 0.25) is 5.91 Å². The molecule has 0 saturated heterocycles. The van der Waals surface area contributed by atoms with Gasteiger partial charge in [-0.1, -0.05) is 19.9 Å². The van der Waals surface area contributed by atoms with Crippen LogP contribution in [0.1, 0.15) is 41.8 Å². The van der Waals surface area contributed by atoms with E-state index in [1.54, 1.807) is 24.8 Å². The highest BCUT2D eigenvalue weighted by Gasteiger charge is 2.12. The number of amides is 1.